The van der Waals surface area contributed by atoms with Crippen LogP contribution >= 0.6 is 0 Å². The molecule has 6 nitrogen and oxygen atoms in total. The highest BCUT2D eigenvalue weighted by Gasteiger charge is 2.18. The van der Waals surface area contributed by atoms with E-state index in [1.165, 1.54) is 6.08 Å². The van der Waals surface area contributed by atoms with Gasteiger partial charge in [-0.1, -0.05) is 0 Å². The third-order valence-electron chi connectivity index (χ3n) is 2.56. The molecule has 0 aromatic carbocycles. The summed E-state index contributed by atoms with van der Waals surface area (Å²) in [5.74, 6) is -0.439. The highest BCUT2D eigenvalue weighted by molar-refractivity contribution is 5.87. The van der Waals surface area contributed by atoms with Crippen LogP contribution in [0.4, 0.5) is 5.82 Å². The van der Waals surface area contributed by atoms with Crippen molar-refractivity contribution < 1.29 is 14.7 Å². The van der Waals surface area contributed by atoms with E-state index in [0.29, 0.717) is 24.5 Å². The zero-order valence-corrected chi connectivity index (χ0v) is 9.67. The molecule has 0 bridgehead atoms. The van der Waals surface area contributed by atoms with Crippen molar-refractivity contribution in [2.24, 2.45) is 0 Å². The van der Waals surface area contributed by atoms with E-state index in [2.05, 4.69) is 10.3 Å². The van der Waals surface area contributed by atoms with Gasteiger partial charge in [0.15, 0.2) is 0 Å². The van der Waals surface area contributed by atoms with Gasteiger partial charge < -0.3 is 15.3 Å². The Morgan fingerprint density at radius 1 is 1.56 bits per heavy atom. The summed E-state index contributed by atoms with van der Waals surface area (Å²) in [6.45, 7) is 1.47. The van der Waals surface area contributed by atoms with Crippen LogP contribution in [0.5, 0.6) is 0 Å². The minimum absolute atomic E-state index is 0.0555. The first kappa shape index (κ1) is 12.1. The van der Waals surface area contributed by atoms with Gasteiger partial charge in [0.1, 0.15) is 5.82 Å². The van der Waals surface area contributed by atoms with Crippen molar-refractivity contribution in [1.82, 2.24) is 10.3 Å². The lowest BCUT2D eigenvalue weighted by Gasteiger charge is -2.28. The van der Waals surface area contributed by atoms with Gasteiger partial charge in [0.2, 0.25) is 5.91 Å². The van der Waals surface area contributed by atoms with Gasteiger partial charge in [-0.3, -0.25) is 4.79 Å². The molecule has 1 fully saturated rings. The third-order valence-corrected chi connectivity index (χ3v) is 2.56. The number of anilines is 1. The Morgan fingerprint density at radius 2 is 2.39 bits per heavy atom. The molecule has 1 aromatic rings. The number of carbonyl (C=O) groups excluding carboxylic acids is 1. The zero-order chi connectivity index (χ0) is 13.0. The number of hydrogen-bond acceptors (Lipinski definition) is 4. The topological polar surface area (TPSA) is 82.5 Å². The number of hydrogen-bond donors (Lipinski definition) is 2. The van der Waals surface area contributed by atoms with E-state index in [1.54, 1.807) is 18.3 Å². The molecule has 0 spiro atoms. The summed E-state index contributed by atoms with van der Waals surface area (Å²) in [4.78, 5) is 27.9. The minimum Gasteiger partial charge on any atom is -0.478 e. The summed E-state index contributed by atoms with van der Waals surface area (Å²) in [6.07, 6.45) is 4.17. The number of rotatable bonds is 3. The number of nitrogens with zero attached hydrogens (tertiary/aromatic N) is 2. The minimum atomic E-state index is -1.01. The van der Waals surface area contributed by atoms with Crippen molar-refractivity contribution in [3.05, 3.63) is 30.0 Å². The predicted octanol–water partition coefficient (Wildman–Crippen LogP) is 0.116. The van der Waals surface area contributed by atoms with Crippen LogP contribution in [0.25, 0.3) is 6.08 Å². The molecular formula is C12H13N3O3. The summed E-state index contributed by atoms with van der Waals surface area (Å²) < 4.78 is 0. The number of amides is 1. The Balaban J connectivity index is 2.26. The van der Waals surface area contributed by atoms with E-state index < -0.39 is 5.97 Å². The molecular weight excluding hydrogens is 234 g/mol. The molecule has 2 heterocycles. The number of nitrogens with one attached hydrogen (secondary N) is 1. The Bertz CT molecular complexity index is 499. The number of aliphatic carboxylic acids is 1. The number of carboxylic acid groups (broad SMARTS) is 1. The number of piperazine rings is 1. The van der Waals surface area contributed by atoms with Crippen molar-refractivity contribution >= 4 is 23.8 Å². The van der Waals surface area contributed by atoms with Gasteiger partial charge in [0, 0.05) is 30.9 Å². The molecule has 0 saturated carbocycles. The van der Waals surface area contributed by atoms with Crippen LogP contribution in [0, 0.1) is 0 Å². The summed E-state index contributed by atoms with van der Waals surface area (Å²) in [6, 6.07) is 3.50. The highest BCUT2D eigenvalue weighted by atomic mass is 16.4. The molecule has 2 rings (SSSR count). The van der Waals surface area contributed by atoms with Gasteiger partial charge >= 0.3 is 5.97 Å². The fraction of sp³-hybridized carbons (Fsp3) is 0.250. The van der Waals surface area contributed by atoms with Crippen LogP contribution in [-0.4, -0.2) is 41.6 Å². The SMILES string of the molecule is O=C(O)/C=C/c1cccnc1N1CCNC(=O)C1. The van der Waals surface area contributed by atoms with Crippen LogP contribution in [0.1, 0.15) is 5.56 Å². The third kappa shape index (κ3) is 2.85. The van der Waals surface area contributed by atoms with Gasteiger partial charge in [-0.25, -0.2) is 9.78 Å². The second-order valence-corrected chi connectivity index (χ2v) is 3.86. The van der Waals surface area contributed by atoms with Crippen LogP contribution in [-0.2, 0) is 9.59 Å². The molecule has 2 N–H and O–H groups in total. The molecule has 1 amide bonds. The molecule has 18 heavy (non-hydrogen) atoms. The first-order chi connectivity index (χ1) is 8.66. The lowest BCUT2D eigenvalue weighted by Crippen LogP contribution is -2.48. The molecule has 1 aliphatic rings. The summed E-state index contributed by atoms with van der Waals surface area (Å²) >= 11 is 0. The Morgan fingerprint density at radius 3 is 3.11 bits per heavy atom. The van der Waals surface area contributed by atoms with Gasteiger partial charge in [-0.2, -0.15) is 0 Å². The van der Waals surface area contributed by atoms with E-state index in [4.69, 9.17) is 5.11 Å². The molecule has 1 aliphatic heterocycles. The van der Waals surface area contributed by atoms with Crippen LogP contribution in [0.3, 0.4) is 0 Å². The normalized spacial score (nSPS) is 15.8. The largest absolute Gasteiger partial charge is 0.478 e. The Labute approximate surface area is 104 Å². The van der Waals surface area contributed by atoms with Crippen molar-refractivity contribution in [1.29, 1.82) is 0 Å². The van der Waals surface area contributed by atoms with Gasteiger partial charge in [-0.05, 0) is 18.2 Å². The standard InChI is InChI=1S/C12H13N3O3/c16-10-8-15(7-6-13-10)12-9(2-1-5-14-12)3-4-11(17)18/h1-5H,6-8H2,(H,13,16)(H,17,18)/b4-3+. The summed E-state index contributed by atoms with van der Waals surface area (Å²) in [5, 5.41) is 11.4. The van der Waals surface area contributed by atoms with Gasteiger partial charge in [0.05, 0.1) is 6.54 Å². The molecule has 94 valence electrons. The van der Waals surface area contributed by atoms with Crippen LogP contribution < -0.4 is 10.2 Å². The maximum atomic E-state index is 11.3. The van der Waals surface area contributed by atoms with Crippen molar-refractivity contribution in [2.75, 3.05) is 24.5 Å². The molecule has 1 saturated heterocycles. The van der Waals surface area contributed by atoms with Gasteiger partial charge in [0.25, 0.3) is 0 Å². The molecule has 0 aliphatic carbocycles. The summed E-state index contributed by atoms with van der Waals surface area (Å²) in [7, 11) is 0. The van der Waals surface area contributed by atoms with E-state index in [-0.39, 0.29) is 12.5 Å². The molecule has 1 aromatic heterocycles. The quantitative estimate of drug-likeness (QED) is 0.741. The number of carboxylic acids is 1. The molecule has 0 unspecified atom stereocenters. The average Bonchev–Trinajstić information content (AvgIpc) is 2.36. The predicted molar refractivity (Wildman–Crippen MR) is 66.1 cm³/mol. The smallest absolute Gasteiger partial charge is 0.328 e. The first-order valence-corrected chi connectivity index (χ1v) is 5.54. The lowest BCUT2D eigenvalue weighted by molar-refractivity contribution is -0.131. The van der Waals surface area contributed by atoms with E-state index in [9.17, 15) is 9.59 Å². The first-order valence-electron chi connectivity index (χ1n) is 5.54. The van der Waals surface area contributed by atoms with E-state index in [1.807, 2.05) is 4.90 Å². The fourth-order valence-corrected chi connectivity index (χ4v) is 1.78. The molecule has 6 heteroatoms. The number of pyridine rings is 1. The van der Waals surface area contributed by atoms with E-state index in [0.717, 1.165) is 6.08 Å². The second kappa shape index (κ2) is 5.31. The zero-order valence-electron chi connectivity index (χ0n) is 9.67. The van der Waals surface area contributed by atoms with Crippen molar-refractivity contribution in [3.63, 3.8) is 0 Å². The Hall–Kier alpha value is -2.37. The lowest BCUT2D eigenvalue weighted by atomic mass is 10.2. The fourth-order valence-electron chi connectivity index (χ4n) is 1.78. The number of aromatic nitrogens is 1. The summed E-state index contributed by atoms with van der Waals surface area (Å²) in [5.41, 5.74) is 0.689. The monoisotopic (exact) mass is 247 g/mol. The number of carbonyl (C=O) groups is 2. The maximum Gasteiger partial charge on any atom is 0.328 e. The van der Waals surface area contributed by atoms with Crippen LogP contribution in [0.15, 0.2) is 24.4 Å². The maximum absolute atomic E-state index is 11.3. The molecule has 0 radical (unpaired) electrons. The van der Waals surface area contributed by atoms with Gasteiger partial charge in [-0.15, -0.1) is 0 Å². The second-order valence-electron chi connectivity index (χ2n) is 3.86. The highest BCUT2D eigenvalue weighted by Crippen LogP contribution is 2.19. The average molecular weight is 247 g/mol. The molecule has 0 atom stereocenters. The van der Waals surface area contributed by atoms with Crippen molar-refractivity contribution in [2.45, 2.75) is 0 Å². The Kier molecular flexibility index (Phi) is 3.57. The van der Waals surface area contributed by atoms with Crippen LogP contribution in [0.2, 0.25) is 0 Å². The van der Waals surface area contributed by atoms with Crippen molar-refractivity contribution in [3.8, 4) is 0 Å². The van der Waals surface area contributed by atoms with E-state index >= 15 is 0 Å².